The first kappa shape index (κ1) is 19.5. The van der Waals surface area contributed by atoms with Crippen LogP contribution in [0.15, 0.2) is 18.2 Å². The minimum absolute atomic E-state index is 0. The van der Waals surface area contributed by atoms with Crippen LogP contribution in [0.2, 0.25) is 0 Å². The van der Waals surface area contributed by atoms with Gasteiger partial charge in [-0.2, -0.15) is 0 Å². The summed E-state index contributed by atoms with van der Waals surface area (Å²) in [6.07, 6.45) is -0.162. The average molecular weight is 371 g/mol. The summed E-state index contributed by atoms with van der Waals surface area (Å²) >= 11 is 0. The zero-order valence-corrected chi connectivity index (χ0v) is 14.6. The smallest absolute Gasteiger partial charge is 0.220 e. The van der Waals surface area contributed by atoms with Gasteiger partial charge in [-0.25, -0.2) is 0 Å². The Hall–Kier alpha value is -1.83. The van der Waals surface area contributed by atoms with Crippen molar-refractivity contribution in [2.45, 2.75) is 18.9 Å². The molecule has 0 aromatic heterocycles. The summed E-state index contributed by atoms with van der Waals surface area (Å²) in [5.74, 6) is 0.950. The number of nitrogens with one attached hydrogen (secondary N) is 2. The zero-order valence-electron chi connectivity index (χ0n) is 13.8. The maximum atomic E-state index is 12.2. The highest BCUT2D eigenvalue weighted by atomic mass is 35.5. The number of amides is 1. The Morgan fingerprint density at radius 1 is 1.16 bits per heavy atom. The largest absolute Gasteiger partial charge is 0.486 e. The van der Waals surface area contributed by atoms with Gasteiger partial charge < -0.3 is 25.2 Å². The van der Waals surface area contributed by atoms with Crippen LogP contribution in [0.4, 0.5) is 0 Å². The molecular weight excluding hydrogens is 348 g/mol. The number of rotatable bonds is 6. The summed E-state index contributed by atoms with van der Waals surface area (Å²) in [4.78, 5) is 24.1. The van der Waals surface area contributed by atoms with Gasteiger partial charge in [0.2, 0.25) is 5.91 Å². The van der Waals surface area contributed by atoms with Crippen molar-refractivity contribution in [3.05, 3.63) is 23.8 Å². The molecule has 0 saturated carbocycles. The van der Waals surface area contributed by atoms with E-state index in [0.29, 0.717) is 49.9 Å². The molecule has 2 heterocycles. The van der Waals surface area contributed by atoms with E-state index < -0.39 is 6.10 Å². The normalized spacial score (nSPS) is 21.3. The number of carbonyl (C=O) groups excluding carboxylic acids is 2. The van der Waals surface area contributed by atoms with Crippen LogP contribution in [0.3, 0.4) is 0 Å². The Morgan fingerprint density at radius 2 is 1.92 bits per heavy atom. The molecule has 7 nitrogen and oxygen atoms in total. The van der Waals surface area contributed by atoms with Gasteiger partial charge in [-0.15, -0.1) is 12.4 Å². The number of carbonyl (C=O) groups is 2. The molecule has 2 aliphatic rings. The van der Waals surface area contributed by atoms with Crippen molar-refractivity contribution in [3.63, 3.8) is 0 Å². The molecule has 1 aromatic rings. The van der Waals surface area contributed by atoms with Gasteiger partial charge in [0.25, 0.3) is 0 Å². The summed E-state index contributed by atoms with van der Waals surface area (Å²) < 4.78 is 10.9. The third-order valence-corrected chi connectivity index (χ3v) is 4.31. The van der Waals surface area contributed by atoms with Gasteiger partial charge in [-0.3, -0.25) is 9.59 Å². The lowest BCUT2D eigenvalue weighted by molar-refractivity contribution is -0.121. The molecule has 1 saturated heterocycles. The monoisotopic (exact) mass is 370 g/mol. The molecule has 2 aliphatic heterocycles. The van der Waals surface area contributed by atoms with Gasteiger partial charge in [0.1, 0.15) is 13.2 Å². The fourth-order valence-electron chi connectivity index (χ4n) is 2.85. The van der Waals surface area contributed by atoms with Crippen LogP contribution in [0, 0.1) is 5.92 Å². The van der Waals surface area contributed by atoms with Crippen molar-refractivity contribution >= 4 is 24.1 Å². The Morgan fingerprint density at radius 3 is 2.64 bits per heavy atom. The highest BCUT2D eigenvalue weighted by Crippen LogP contribution is 2.31. The highest BCUT2D eigenvalue weighted by Gasteiger charge is 2.25. The van der Waals surface area contributed by atoms with Crippen LogP contribution in [0.5, 0.6) is 11.5 Å². The van der Waals surface area contributed by atoms with Gasteiger partial charge in [-0.05, 0) is 18.2 Å². The van der Waals surface area contributed by atoms with Gasteiger partial charge in [0, 0.05) is 44.0 Å². The third kappa shape index (κ3) is 5.07. The predicted octanol–water partition coefficient (Wildman–Crippen LogP) is 0.539. The van der Waals surface area contributed by atoms with Crippen LogP contribution in [-0.4, -0.2) is 55.7 Å². The van der Waals surface area contributed by atoms with Crippen molar-refractivity contribution in [3.8, 4) is 11.5 Å². The molecule has 2 atom stereocenters. The van der Waals surface area contributed by atoms with Crippen LogP contribution >= 0.6 is 12.4 Å². The molecule has 1 aromatic carbocycles. The first-order valence-corrected chi connectivity index (χ1v) is 8.22. The second kappa shape index (κ2) is 9.03. The minimum atomic E-state index is -0.426. The molecule has 1 amide bonds. The van der Waals surface area contributed by atoms with E-state index in [9.17, 15) is 14.7 Å². The molecule has 0 bridgehead atoms. The molecule has 0 radical (unpaired) electrons. The van der Waals surface area contributed by atoms with Crippen LogP contribution in [0.25, 0.3) is 0 Å². The molecule has 3 N–H and O–H groups in total. The molecular formula is C17H23ClN2O5. The Balaban J connectivity index is 0.00000225. The Bertz CT molecular complexity index is 625. The van der Waals surface area contributed by atoms with Crippen LogP contribution in [0.1, 0.15) is 23.2 Å². The predicted molar refractivity (Wildman–Crippen MR) is 93.6 cm³/mol. The number of Topliss-reactive ketones (excluding diaryl/α,β-unsaturated/α-hetero) is 1. The van der Waals surface area contributed by atoms with Crippen molar-refractivity contribution in [2.75, 3.05) is 32.8 Å². The SMILES string of the molecule is Cl.O=C(CCC(=O)c1ccc2c(c1)OCCO2)NCC1CNCC1O. The number of aliphatic hydroxyl groups excluding tert-OH is 1. The van der Waals surface area contributed by atoms with E-state index in [1.807, 2.05) is 0 Å². The molecule has 1 fully saturated rings. The van der Waals surface area contributed by atoms with E-state index in [4.69, 9.17) is 9.47 Å². The Kier molecular flexibility index (Phi) is 7.04. The van der Waals surface area contributed by atoms with E-state index in [-0.39, 0.29) is 42.9 Å². The molecule has 2 unspecified atom stereocenters. The number of β-amino-alcohol motifs (C(OH)–C–C–N with tert-alkyl or cyclic N) is 1. The minimum Gasteiger partial charge on any atom is -0.486 e. The number of fused-ring (bicyclic) bond motifs is 1. The second-order valence-electron chi connectivity index (χ2n) is 6.07. The quantitative estimate of drug-likeness (QED) is 0.632. The fourth-order valence-corrected chi connectivity index (χ4v) is 2.85. The van der Waals surface area contributed by atoms with Crippen molar-refractivity contribution in [1.29, 1.82) is 0 Å². The number of ether oxygens (including phenoxy) is 2. The number of ketones is 1. The van der Waals surface area contributed by atoms with Crippen LogP contribution in [-0.2, 0) is 4.79 Å². The zero-order chi connectivity index (χ0) is 16.9. The lowest BCUT2D eigenvalue weighted by Gasteiger charge is -2.18. The van der Waals surface area contributed by atoms with E-state index in [1.54, 1.807) is 18.2 Å². The van der Waals surface area contributed by atoms with Crippen molar-refractivity contribution in [1.82, 2.24) is 10.6 Å². The molecule has 0 spiro atoms. The average Bonchev–Trinajstić information content (AvgIpc) is 3.02. The highest BCUT2D eigenvalue weighted by molar-refractivity contribution is 5.98. The van der Waals surface area contributed by atoms with E-state index in [0.717, 1.165) is 0 Å². The number of hydrogen-bond acceptors (Lipinski definition) is 6. The second-order valence-corrected chi connectivity index (χ2v) is 6.07. The van der Waals surface area contributed by atoms with Crippen molar-refractivity contribution < 1.29 is 24.2 Å². The van der Waals surface area contributed by atoms with E-state index in [2.05, 4.69) is 10.6 Å². The maximum absolute atomic E-state index is 12.2. The fraction of sp³-hybridized carbons (Fsp3) is 0.529. The van der Waals surface area contributed by atoms with Gasteiger partial charge in [0.05, 0.1) is 6.10 Å². The summed E-state index contributed by atoms with van der Waals surface area (Å²) in [6, 6.07) is 5.07. The van der Waals surface area contributed by atoms with Gasteiger partial charge >= 0.3 is 0 Å². The van der Waals surface area contributed by atoms with Crippen LogP contribution < -0.4 is 20.1 Å². The molecule has 8 heteroatoms. The Labute approximate surface area is 152 Å². The molecule has 0 aliphatic carbocycles. The van der Waals surface area contributed by atoms with Gasteiger partial charge in [0.15, 0.2) is 17.3 Å². The topological polar surface area (TPSA) is 96.9 Å². The third-order valence-electron chi connectivity index (χ3n) is 4.31. The summed E-state index contributed by atoms with van der Waals surface area (Å²) in [5.41, 5.74) is 0.516. The number of aliphatic hydroxyl groups is 1. The molecule has 3 rings (SSSR count). The van der Waals surface area contributed by atoms with E-state index in [1.165, 1.54) is 0 Å². The maximum Gasteiger partial charge on any atom is 0.220 e. The first-order valence-electron chi connectivity index (χ1n) is 8.22. The summed E-state index contributed by atoms with van der Waals surface area (Å²) in [5, 5.41) is 15.5. The van der Waals surface area contributed by atoms with Gasteiger partial charge in [-0.1, -0.05) is 0 Å². The molecule has 138 valence electrons. The molecule has 25 heavy (non-hydrogen) atoms. The summed E-state index contributed by atoms with van der Waals surface area (Å²) in [6.45, 7) is 2.65. The number of hydrogen-bond donors (Lipinski definition) is 3. The lowest BCUT2D eigenvalue weighted by atomic mass is 10.0. The van der Waals surface area contributed by atoms with Crippen molar-refractivity contribution in [2.24, 2.45) is 5.92 Å². The summed E-state index contributed by atoms with van der Waals surface area (Å²) in [7, 11) is 0. The van der Waals surface area contributed by atoms with E-state index >= 15 is 0 Å². The first-order chi connectivity index (χ1) is 11.6. The number of benzene rings is 1. The standard InChI is InChI=1S/C17H22N2O5.ClH/c20-13(11-1-3-15-16(7-11)24-6-5-23-15)2-4-17(22)19-9-12-8-18-10-14(12)21;/h1,3,7,12,14,18,21H,2,4-6,8-10H2,(H,19,22);1H. The lowest BCUT2D eigenvalue weighted by Crippen LogP contribution is -2.34. The number of halogens is 1.